The zero-order valence-electron chi connectivity index (χ0n) is 18.7. The highest BCUT2D eigenvalue weighted by atomic mass is 32.2. The summed E-state index contributed by atoms with van der Waals surface area (Å²) in [6.45, 7) is 5.15. The van der Waals surface area contributed by atoms with E-state index < -0.39 is 10.0 Å². The molecule has 0 saturated carbocycles. The zero-order chi connectivity index (χ0) is 23.4. The Morgan fingerprint density at radius 1 is 1.24 bits per heavy atom. The fraction of sp³-hybridized carbons (Fsp3) is 0.391. The van der Waals surface area contributed by atoms with Gasteiger partial charge in [0.05, 0.1) is 28.6 Å². The second-order valence-corrected chi connectivity index (χ2v) is 11.1. The number of para-hydroxylation sites is 2. The number of aromatic nitrogens is 2. The van der Waals surface area contributed by atoms with Gasteiger partial charge in [0.2, 0.25) is 15.9 Å². The lowest BCUT2D eigenvalue weighted by atomic mass is 10.3. The second kappa shape index (κ2) is 10.1. The summed E-state index contributed by atoms with van der Waals surface area (Å²) in [5.41, 5.74) is 2.29. The van der Waals surface area contributed by atoms with Crippen molar-refractivity contribution < 1.29 is 17.9 Å². The number of aromatic amines is 1. The van der Waals surface area contributed by atoms with Crippen LogP contribution in [0.25, 0.3) is 11.0 Å². The van der Waals surface area contributed by atoms with Gasteiger partial charge in [-0.05, 0) is 57.0 Å². The van der Waals surface area contributed by atoms with Gasteiger partial charge in [-0.25, -0.2) is 13.4 Å². The zero-order valence-corrected chi connectivity index (χ0v) is 20.3. The van der Waals surface area contributed by atoms with Crippen molar-refractivity contribution in [2.45, 2.75) is 36.8 Å². The largest absolute Gasteiger partial charge is 0.492 e. The minimum Gasteiger partial charge on any atom is -0.492 e. The molecule has 0 aliphatic carbocycles. The van der Waals surface area contributed by atoms with E-state index in [1.165, 1.54) is 22.1 Å². The number of nitrogens with one attached hydrogen (secondary N) is 2. The van der Waals surface area contributed by atoms with Crippen molar-refractivity contribution >= 4 is 44.4 Å². The number of anilines is 1. The topological polar surface area (TPSA) is 104 Å². The van der Waals surface area contributed by atoms with E-state index in [0.717, 1.165) is 29.7 Å². The molecule has 33 heavy (non-hydrogen) atoms. The Hall–Kier alpha value is -2.56. The first-order chi connectivity index (χ1) is 15.9. The van der Waals surface area contributed by atoms with Gasteiger partial charge in [0, 0.05) is 18.8 Å². The minimum absolute atomic E-state index is 0.00501. The molecule has 1 aliphatic heterocycles. The predicted molar refractivity (Wildman–Crippen MR) is 131 cm³/mol. The van der Waals surface area contributed by atoms with Gasteiger partial charge in [0.15, 0.2) is 0 Å². The Balaban J connectivity index is 1.43. The van der Waals surface area contributed by atoms with Gasteiger partial charge in [-0.2, -0.15) is 4.31 Å². The van der Waals surface area contributed by atoms with Gasteiger partial charge in [0.25, 0.3) is 0 Å². The first-order valence-corrected chi connectivity index (χ1v) is 13.5. The number of hydrogen-bond acceptors (Lipinski definition) is 6. The van der Waals surface area contributed by atoms with E-state index in [1.807, 2.05) is 38.1 Å². The summed E-state index contributed by atoms with van der Waals surface area (Å²) in [5.74, 6) is 1.11. The van der Waals surface area contributed by atoms with Crippen LogP contribution in [0.2, 0.25) is 0 Å². The highest BCUT2D eigenvalue weighted by Gasteiger charge is 2.30. The summed E-state index contributed by atoms with van der Waals surface area (Å²) in [4.78, 5) is 20.6. The van der Waals surface area contributed by atoms with Gasteiger partial charge in [-0.15, -0.1) is 11.8 Å². The number of benzene rings is 2. The predicted octanol–water partition coefficient (Wildman–Crippen LogP) is 4.18. The number of hydrogen-bond donors (Lipinski definition) is 2. The quantitative estimate of drug-likeness (QED) is 0.468. The molecule has 8 nitrogen and oxygen atoms in total. The third-order valence-corrected chi connectivity index (χ3v) is 8.54. The first kappa shape index (κ1) is 23.6. The molecule has 3 aromatic rings. The number of imidazole rings is 1. The van der Waals surface area contributed by atoms with Gasteiger partial charge in [0.1, 0.15) is 16.5 Å². The van der Waals surface area contributed by atoms with Gasteiger partial charge >= 0.3 is 0 Å². The standard InChI is InChI=1S/C23H28N4O4S2/c1-3-31-20-11-10-17(14-21(20)33(29,30)27-12-6-7-13-27)24-22(28)15-32-16(2)23-25-18-8-4-5-9-19(18)26-23/h4-5,8-11,14,16H,3,6-7,12-13,15H2,1-2H3,(H,24,28)(H,25,26)/t16-/m0/s1. The van der Waals surface area contributed by atoms with Crippen LogP contribution in [-0.4, -0.2) is 54.0 Å². The Kier molecular flexibility index (Phi) is 7.26. The highest BCUT2D eigenvalue weighted by molar-refractivity contribution is 8.00. The van der Waals surface area contributed by atoms with E-state index in [1.54, 1.807) is 12.1 Å². The SMILES string of the molecule is CCOc1ccc(NC(=O)CS[C@@H](C)c2nc3ccccc3[nH]2)cc1S(=O)(=O)N1CCCC1. The number of amides is 1. The van der Waals surface area contributed by atoms with Crippen molar-refractivity contribution in [2.24, 2.45) is 0 Å². The van der Waals surface area contributed by atoms with Crippen LogP contribution >= 0.6 is 11.8 Å². The molecule has 2 aromatic carbocycles. The molecule has 1 fully saturated rings. The third kappa shape index (κ3) is 5.34. The van der Waals surface area contributed by atoms with Crippen molar-refractivity contribution in [1.29, 1.82) is 0 Å². The highest BCUT2D eigenvalue weighted by Crippen LogP contribution is 2.32. The second-order valence-electron chi connectivity index (χ2n) is 7.85. The molecule has 1 saturated heterocycles. The summed E-state index contributed by atoms with van der Waals surface area (Å²) in [7, 11) is -3.69. The number of ether oxygens (including phenoxy) is 1. The molecule has 1 aromatic heterocycles. The summed E-state index contributed by atoms with van der Waals surface area (Å²) < 4.78 is 33.3. The maximum atomic E-state index is 13.1. The lowest BCUT2D eigenvalue weighted by molar-refractivity contribution is -0.113. The van der Waals surface area contributed by atoms with Crippen LogP contribution < -0.4 is 10.1 Å². The number of carbonyl (C=O) groups excluding carboxylic acids is 1. The Morgan fingerprint density at radius 3 is 2.73 bits per heavy atom. The molecular weight excluding hydrogens is 460 g/mol. The normalized spacial score (nSPS) is 15.6. The lowest BCUT2D eigenvalue weighted by Crippen LogP contribution is -2.28. The Morgan fingerprint density at radius 2 is 2.00 bits per heavy atom. The molecule has 10 heteroatoms. The van der Waals surface area contributed by atoms with Crippen LogP contribution in [0.5, 0.6) is 5.75 Å². The number of nitrogens with zero attached hydrogens (tertiary/aromatic N) is 2. The monoisotopic (exact) mass is 488 g/mol. The first-order valence-electron chi connectivity index (χ1n) is 11.0. The number of thioether (sulfide) groups is 1. The van der Waals surface area contributed by atoms with Crippen LogP contribution in [0.1, 0.15) is 37.8 Å². The van der Waals surface area contributed by atoms with Crippen LogP contribution in [0.3, 0.4) is 0 Å². The molecule has 0 unspecified atom stereocenters. The van der Waals surface area contributed by atoms with Crippen LogP contribution in [0, 0.1) is 0 Å². The number of carbonyl (C=O) groups is 1. The number of rotatable bonds is 9. The van der Waals surface area contributed by atoms with E-state index in [4.69, 9.17) is 4.74 Å². The van der Waals surface area contributed by atoms with Crippen molar-refractivity contribution in [3.8, 4) is 5.75 Å². The third-order valence-electron chi connectivity index (χ3n) is 5.47. The summed E-state index contributed by atoms with van der Waals surface area (Å²) in [6.07, 6.45) is 1.69. The Labute approximate surface area is 198 Å². The van der Waals surface area contributed by atoms with Crippen molar-refractivity contribution in [1.82, 2.24) is 14.3 Å². The molecule has 0 bridgehead atoms. The average molecular weight is 489 g/mol. The van der Waals surface area contributed by atoms with E-state index in [-0.39, 0.29) is 21.8 Å². The molecule has 2 N–H and O–H groups in total. The van der Waals surface area contributed by atoms with Crippen molar-refractivity contribution in [3.63, 3.8) is 0 Å². The smallest absolute Gasteiger partial charge is 0.246 e. The maximum absolute atomic E-state index is 13.1. The molecule has 1 atom stereocenters. The van der Waals surface area contributed by atoms with Gasteiger partial charge in [-0.1, -0.05) is 12.1 Å². The average Bonchev–Trinajstić information content (AvgIpc) is 3.49. The summed E-state index contributed by atoms with van der Waals surface area (Å²) >= 11 is 1.46. The fourth-order valence-electron chi connectivity index (χ4n) is 3.77. The molecule has 176 valence electrons. The van der Waals surface area contributed by atoms with E-state index in [9.17, 15) is 13.2 Å². The molecule has 1 aliphatic rings. The van der Waals surface area contributed by atoms with E-state index in [0.29, 0.717) is 31.1 Å². The Bertz CT molecular complexity index is 1200. The van der Waals surface area contributed by atoms with Crippen LogP contribution in [0.15, 0.2) is 47.4 Å². The van der Waals surface area contributed by atoms with Crippen LogP contribution in [-0.2, 0) is 14.8 Å². The number of fused-ring (bicyclic) bond motifs is 1. The molecule has 0 radical (unpaired) electrons. The van der Waals surface area contributed by atoms with Gasteiger partial charge in [-0.3, -0.25) is 4.79 Å². The van der Waals surface area contributed by atoms with Crippen LogP contribution in [0.4, 0.5) is 5.69 Å². The fourth-order valence-corrected chi connectivity index (χ4v) is 6.19. The molecule has 2 heterocycles. The molecule has 0 spiro atoms. The molecule has 1 amide bonds. The number of H-pyrrole nitrogens is 1. The summed E-state index contributed by atoms with van der Waals surface area (Å²) in [5, 5.41) is 2.81. The number of sulfonamides is 1. The van der Waals surface area contributed by atoms with E-state index in [2.05, 4.69) is 15.3 Å². The molecular formula is C23H28N4O4S2. The molecule has 4 rings (SSSR count). The van der Waals surface area contributed by atoms with Crippen molar-refractivity contribution in [3.05, 3.63) is 48.3 Å². The summed E-state index contributed by atoms with van der Waals surface area (Å²) in [6, 6.07) is 12.6. The lowest BCUT2D eigenvalue weighted by Gasteiger charge is -2.19. The van der Waals surface area contributed by atoms with Gasteiger partial charge < -0.3 is 15.0 Å². The maximum Gasteiger partial charge on any atom is 0.246 e. The van der Waals surface area contributed by atoms with E-state index >= 15 is 0 Å². The minimum atomic E-state index is -3.69. The van der Waals surface area contributed by atoms with Crippen molar-refractivity contribution in [2.75, 3.05) is 30.8 Å².